The highest BCUT2D eigenvalue weighted by molar-refractivity contribution is 6.06. The molecule has 194 valence electrons. The molecule has 0 saturated carbocycles. The Labute approximate surface area is 221 Å². The van der Waals surface area contributed by atoms with Crippen molar-refractivity contribution < 1.29 is 19.0 Å². The Morgan fingerprint density at radius 2 is 1.63 bits per heavy atom. The minimum absolute atomic E-state index is 0.219. The number of aryl methyl sites for hydroxylation is 1. The van der Waals surface area contributed by atoms with Crippen LogP contribution in [0.3, 0.4) is 0 Å². The van der Waals surface area contributed by atoms with Gasteiger partial charge in [-0.1, -0.05) is 48.0 Å². The third kappa shape index (κ3) is 4.54. The van der Waals surface area contributed by atoms with Crippen molar-refractivity contribution in [3.05, 3.63) is 89.1 Å². The molecule has 0 fully saturated rings. The van der Waals surface area contributed by atoms with E-state index in [-0.39, 0.29) is 5.91 Å². The van der Waals surface area contributed by atoms with Gasteiger partial charge < -0.3 is 24.8 Å². The van der Waals surface area contributed by atoms with E-state index in [9.17, 15) is 4.79 Å². The van der Waals surface area contributed by atoms with Gasteiger partial charge in [0.05, 0.1) is 26.9 Å². The number of nitrogens with one attached hydrogen (secondary N) is 2. The number of hydrogen-bond donors (Lipinski definition) is 2. The maximum Gasteiger partial charge on any atom is 0.255 e. The first-order valence-electron chi connectivity index (χ1n) is 12.1. The molecule has 0 bridgehead atoms. The summed E-state index contributed by atoms with van der Waals surface area (Å²) in [6, 6.07) is 20.5. The molecule has 0 spiro atoms. The summed E-state index contributed by atoms with van der Waals surface area (Å²) in [6.07, 6.45) is 0. The summed E-state index contributed by atoms with van der Waals surface area (Å²) in [7, 11) is 4.68. The van der Waals surface area contributed by atoms with Gasteiger partial charge in [0.15, 0.2) is 17.3 Å². The van der Waals surface area contributed by atoms with E-state index in [4.69, 9.17) is 24.3 Å². The van der Waals surface area contributed by atoms with E-state index in [0.29, 0.717) is 51.5 Å². The second-order valence-corrected chi connectivity index (χ2v) is 8.92. The van der Waals surface area contributed by atoms with Gasteiger partial charge >= 0.3 is 0 Å². The predicted molar refractivity (Wildman–Crippen MR) is 146 cm³/mol. The molecule has 1 atom stereocenters. The maximum absolute atomic E-state index is 13.7. The fourth-order valence-corrected chi connectivity index (χ4v) is 4.65. The van der Waals surface area contributed by atoms with E-state index < -0.39 is 6.04 Å². The third-order valence-corrected chi connectivity index (χ3v) is 6.41. The van der Waals surface area contributed by atoms with Crippen LogP contribution in [-0.4, -0.2) is 42.0 Å². The first-order chi connectivity index (χ1) is 18.4. The van der Waals surface area contributed by atoms with Crippen LogP contribution in [0.25, 0.3) is 11.4 Å². The van der Waals surface area contributed by atoms with Crippen molar-refractivity contribution in [2.24, 2.45) is 0 Å². The molecule has 0 radical (unpaired) electrons. The van der Waals surface area contributed by atoms with Crippen LogP contribution in [0.15, 0.2) is 78.0 Å². The van der Waals surface area contributed by atoms with Crippen LogP contribution < -0.4 is 24.8 Å². The average Bonchev–Trinajstić information content (AvgIpc) is 3.35. The van der Waals surface area contributed by atoms with Crippen LogP contribution in [0, 0.1) is 6.92 Å². The lowest BCUT2D eigenvalue weighted by Crippen LogP contribution is -2.31. The normalized spacial score (nSPS) is 14.4. The number of nitrogens with zero attached hydrogens (tertiary/aromatic N) is 3. The van der Waals surface area contributed by atoms with Crippen molar-refractivity contribution in [1.29, 1.82) is 0 Å². The fourth-order valence-electron chi connectivity index (χ4n) is 4.65. The molecule has 1 aromatic heterocycles. The molecule has 0 aliphatic carbocycles. The molecule has 2 heterocycles. The number of rotatable bonds is 7. The van der Waals surface area contributed by atoms with Crippen molar-refractivity contribution in [3.63, 3.8) is 0 Å². The highest BCUT2D eigenvalue weighted by atomic mass is 16.5. The molecule has 1 unspecified atom stereocenters. The largest absolute Gasteiger partial charge is 0.493 e. The van der Waals surface area contributed by atoms with Crippen molar-refractivity contribution in [3.8, 4) is 28.6 Å². The number of anilines is 2. The number of carbonyl (C=O) groups excluding carboxylic acids is 1. The highest BCUT2D eigenvalue weighted by Gasteiger charge is 2.35. The van der Waals surface area contributed by atoms with Gasteiger partial charge in [-0.2, -0.15) is 4.98 Å². The molecule has 5 rings (SSSR count). The Balaban J connectivity index is 1.62. The Kier molecular flexibility index (Phi) is 6.74. The van der Waals surface area contributed by atoms with Gasteiger partial charge in [0.25, 0.3) is 5.91 Å². The van der Waals surface area contributed by atoms with Crippen molar-refractivity contribution in [1.82, 2.24) is 14.8 Å². The van der Waals surface area contributed by atoms with E-state index >= 15 is 0 Å². The van der Waals surface area contributed by atoms with Gasteiger partial charge in [0.2, 0.25) is 11.7 Å². The second-order valence-electron chi connectivity index (χ2n) is 8.92. The monoisotopic (exact) mass is 511 g/mol. The first kappa shape index (κ1) is 24.9. The van der Waals surface area contributed by atoms with Gasteiger partial charge in [0, 0.05) is 16.9 Å². The summed E-state index contributed by atoms with van der Waals surface area (Å²) in [5, 5.41) is 11.2. The van der Waals surface area contributed by atoms with Crippen molar-refractivity contribution >= 4 is 17.5 Å². The number of fused-ring (bicyclic) bond motifs is 1. The van der Waals surface area contributed by atoms with Gasteiger partial charge in [-0.15, -0.1) is 5.10 Å². The SMILES string of the molecule is COc1cc(-c2nc3n(n2)C(c2cccc(C)c2)C(C(=O)Nc2ccccc2)=C(C)N3)cc(OC)c1OC. The number of amides is 1. The summed E-state index contributed by atoms with van der Waals surface area (Å²) < 4.78 is 18.3. The van der Waals surface area contributed by atoms with Gasteiger partial charge in [0.1, 0.15) is 6.04 Å². The van der Waals surface area contributed by atoms with E-state index in [1.54, 1.807) is 38.1 Å². The van der Waals surface area contributed by atoms with Gasteiger partial charge in [-0.05, 0) is 43.7 Å². The molecular weight excluding hydrogens is 482 g/mol. The Morgan fingerprint density at radius 1 is 0.921 bits per heavy atom. The molecule has 1 amide bonds. The molecule has 2 N–H and O–H groups in total. The Bertz CT molecular complexity index is 1500. The summed E-state index contributed by atoms with van der Waals surface area (Å²) in [6.45, 7) is 3.90. The predicted octanol–water partition coefficient (Wildman–Crippen LogP) is 5.21. The lowest BCUT2D eigenvalue weighted by Gasteiger charge is -2.29. The van der Waals surface area contributed by atoms with Crippen LogP contribution in [0.1, 0.15) is 24.1 Å². The number of ether oxygens (including phenoxy) is 3. The minimum atomic E-state index is -0.502. The van der Waals surface area contributed by atoms with Crippen LogP contribution in [0.2, 0.25) is 0 Å². The lowest BCUT2D eigenvalue weighted by atomic mass is 9.94. The number of hydrogen-bond acceptors (Lipinski definition) is 7. The average molecular weight is 512 g/mol. The summed E-state index contributed by atoms with van der Waals surface area (Å²) in [4.78, 5) is 18.4. The molecule has 38 heavy (non-hydrogen) atoms. The molecule has 4 aromatic rings. The highest BCUT2D eigenvalue weighted by Crippen LogP contribution is 2.42. The molecule has 0 saturated heterocycles. The Hall–Kier alpha value is -4.79. The molecule has 1 aliphatic rings. The minimum Gasteiger partial charge on any atom is -0.493 e. The Morgan fingerprint density at radius 3 is 2.26 bits per heavy atom. The first-order valence-corrected chi connectivity index (χ1v) is 12.1. The maximum atomic E-state index is 13.7. The zero-order valence-corrected chi connectivity index (χ0v) is 21.9. The van der Waals surface area contributed by atoms with Crippen LogP contribution >= 0.6 is 0 Å². The van der Waals surface area contributed by atoms with Gasteiger partial charge in [-0.25, -0.2) is 4.68 Å². The molecular formula is C29H29N5O4. The van der Waals surface area contributed by atoms with E-state index in [0.717, 1.165) is 11.1 Å². The summed E-state index contributed by atoms with van der Waals surface area (Å²) >= 11 is 0. The topological polar surface area (TPSA) is 99.5 Å². The van der Waals surface area contributed by atoms with E-state index in [1.807, 2.05) is 62.4 Å². The van der Waals surface area contributed by atoms with E-state index in [2.05, 4.69) is 16.7 Å². The summed E-state index contributed by atoms with van der Waals surface area (Å²) in [5.41, 5.74) is 4.64. The zero-order valence-electron chi connectivity index (χ0n) is 21.9. The lowest BCUT2D eigenvalue weighted by molar-refractivity contribution is -0.113. The molecule has 1 aliphatic heterocycles. The molecule has 3 aromatic carbocycles. The number of methoxy groups -OCH3 is 3. The van der Waals surface area contributed by atoms with Crippen molar-refractivity contribution in [2.75, 3.05) is 32.0 Å². The fraction of sp³-hybridized carbons (Fsp3) is 0.207. The number of allylic oxidation sites excluding steroid dienone is 1. The standard InChI is InChI=1S/C29H29N5O4/c1-17-10-9-11-19(14-17)25-24(28(35)31-21-12-7-6-8-13-21)18(2)30-29-32-27(33-34(25)29)20-15-22(36-3)26(38-5)23(16-20)37-4/h6-16,25H,1-5H3,(H,31,35)(H,30,32,33). The summed E-state index contributed by atoms with van der Waals surface area (Å²) in [5.74, 6) is 2.22. The second kappa shape index (κ2) is 10.3. The number of benzene rings is 3. The number of carbonyl (C=O) groups is 1. The molecule has 9 nitrogen and oxygen atoms in total. The van der Waals surface area contributed by atoms with Gasteiger partial charge in [-0.3, -0.25) is 4.79 Å². The smallest absolute Gasteiger partial charge is 0.255 e. The van der Waals surface area contributed by atoms with E-state index in [1.165, 1.54) is 0 Å². The number of aromatic nitrogens is 3. The zero-order chi connectivity index (χ0) is 26.8. The third-order valence-electron chi connectivity index (χ3n) is 6.41. The number of para-hydroxylation sites is 1. The quantitative estimate of drug-likeness (QED) is 0.352. The van der Waals surface area contributed by atoms with Crippen LogP contribution in [-0.2, 0) is 4.79 Å². The van der Waals surface area contributed by atoms with Crippen LogP contribution in [0.4, 0.5) is 11.6 Å². The molecule has 9 heteroatoms. The van der Waals surface area contributed by atoms with Crippen molar-refractivity contribution in [2.45, 2.75) is 19.9 Å². The van der Waals surface area contributed by atoms with Crippen LogP contribution in [0.5, 0.6) is 17.2 Å².